The molecule has 0 aromatic heterocycles. The van der Waals surface area contributed by atoms with Gasteiger partial charge in [0.25, 0.3) is 5.91 Å². The number of hydrogen-bond acceptors (Lipinski definition) is 3. The number of rotatable bonds is 5. The quantitative estimate of drug-likeness (QED) is 0.891. The van der Waals surface area contributed by atoms with E-state index in [4.69, 9.17) is 11.6 Å². The summed E-state index contributed by atoms with van der Waals surface area (Å²) in [7, 11) is 3.92. The molecule has 0 unspecified atom stereocenters. The lowest BCUT2D eigenvalue weighted by molar-refractivity contribution is -0.124. The molecule has 1 atom stereocenters. The van der Waals surface area contributed by atoms with Crippen LogP contribution in [0.4, 0.5) is 5.69 Å². The van der Waals surface area contributed by atoms with E-state index in [0.29, 0.717) is 16.3 Å². The third kappa shape index (κ3) is 4.31. The average Bonchev–Trinajstić information content (AvgIpc) is 2.49. The van der Waals surface area contributed by atoms with Crippen molar-refractivity contribution in [3.63, 3.8) is 0 Å². The standard InChI is InChI=1S/C17H19ClN2O2/c1-20(2)11-13-8-9-14(10-15(13)18)19-17(22)16(21)12-6-4-3-5-7-12/h3-10,16,21H,11H2,1-2H3,(H,19,22)/t16-/m0/s1. The molecule has 4 nitrogen and oxygen atoms in total. The summed E-state index contributed by atoms with van der Waals surface area (Å²) in [6, 6.07) is 14.1. The third-order valence-electron chi connectivity index (χ3n) is 3.17. The van der Waals surface area contributed by atoms with Gasteiger partial charge in [0.05, 0.1) is 0 Å². The first-order chi connectivity index (χ1) is 10.5. The molecule has 116 valence electrons. The van der Waals surface area contributed by atoms with Gasteiger partial charge < -0.3 is 15.3 Å². The van der Waals surface area contributed by atoms with E-state index in [-0.39, 0.29) is 0 Å². The molecule has 0 fully saturated rings. The Kier molecular flexibility index (Phi) is 5.55. The highest BCUT2D eigenvalue weighted by molar-refractivity contribution is 6.31. The summed E-state index contributed by atoms with van der Waals surface area (Å²) in [4.78, 5) is 14.1. The summed E-state index contributed by atoms with van der Waals surface area (Å²) >= 11 is 6.21. The number of benzene rings is 2. The topological polar surface area (TPSA) is 52.6 Å². The van der Waals surface area contributed by atoms with Crippen LogP contribution in [0.25, 0.3) is 0 Å². The molecular formula is C17H19ClN2O2. The SMILES string of the molecule is CN(C)Cc1ccc(NC(=O)[C@@H](O)c2ccccc2)cc1Cl. The molecule has 1 amide bonds. The summed E-state index contributed by atoms with van der Waals surface area (Å²) in [5, 5.41) is 13.3. The van der Waals surface area contributed by atoms with Crippen LogP contribution in [-0.2, 0) is 11.3 Å². The summed E-state index contributed by atoms with van der Waals surface area (Å²) in [6.45, 7) is 0.722. The first-order valence-corrected chi connectivity index (χ1v) is 7.32. The van der Waals surface area contributed by atoms with E-state index in [1.54, 1.807) is 36.4 Å². The number of halogens is 1. The van der Waals surface area contributed by atoms with Gasteiger partial charge in [-0.3, -0.25) is 4.79 Å². The van der Waals surface area contributed by atoms with Gasteiger partial charge in [0.15, 0.2) is 6.10 Å². The molecule has 0 heterocycles. The second-order valence-corrected chi connectivity index (χ2v) is 5.75. The van der Waals surface area contributed by atoms with Gasteiger partial charge >= 0.3 is 0 Å². The molecule has 22 heavy (non-hydrogen) atoms. The Bertz CT molecular complexity index is 644. The van der Waals surface area contributed by atoms with E-state index in [1.807, 2.05) is 31.1 Å². The number of anilines is 1. The van der Waals surface area contributed by atoms with Crippen LogP contribution >= 0.6 is 11.6 Å². The van der Waals surface area contributed by atoms with Crippen LogP contribution in [0.1, 0.15) is 17.2 Å². The largest absolute Gasteiger partial charge is 0.378 e. The molecule has 0 spiro atoms. The van der Waals surface area contributed by atoms with Gasteiger partial charge in [0.1, 0.15) is 0 Å². The maximum atomic E-state index is 12.1. The lowest BCUT2D eigenvalue weighted by atomic mass is 10.1. The smallest absolute Gasteiger partial charge is 0.257 e. The predicted octanol–water partition coefficient (Wildman–Crippen LogP) is 3.07. The highest BCUT2D eigenvalue weighted by Crippen LogP contribution is 2.23. The zero-order valence-electron chi connectivity index (χ0n) is 12.6. The number of carbonyl (C=O) groups excluding carboxylic acids is 1. The fourth-order valence-corrected chi connectivity index (χ4v) is 2.33. The molecule has 5 heteroatoms. The fraction of sp³-hybridized carbons (Fsp3) is 0.235. The van der Waals surface area contributed by atoms with E-state index < -0.39 is 12.0 Å². The summed E-state index contributed by atoms with van der Waals surface area (Å²) in [5.41, 5.74) is 2.09. The van der Waals surface area contributed by atoms with Gasteiger partial charge in [0.2, 0.25) is 0 Å². The van der Waals surface area contributed by atoms with Gasteiger partial charge in [0, 0.05) is 17.3 Å². The van der Waals surface area contributed by atoms with Crippen molar-refractivity contribution in [2.45, 2.75) is 12.6 Å². The Balaban J connectivity index is 2.07. The average molecular weight is 319 g/mol. The minimum atomic E-state index is -1.21. The predicted molar refractivity (Wildman–Crippen MR) is 88.9 cm³/mol. The van der Waals surface area contributed by atoms with Crippen LogP contribution in [0.5, 0.6) is 0 Å². The number of aliphatic hydroxyl groups excluding tert-OH is 1. The molecule has 0 aliphatic heterocycles. The maximum absolute atomic E-state index is 12.1. The van der Waals surface area contributed by atoms with Crippen molar-refractivity contribution in [3.8, 4) is 0 Å². The number of carbonyl (C=O) groups is 1. The third-order valence-corrected chi connectivity index (χ3v) is 3.52. The van der Waals surface area contributed by atoms with Crippen LogP contribution in [-0.4, -0.2) is 30.0 Å². The Hall–Kier alpha value is -1.88. The molecule has 0 saturated carbocycles. The van der Waals surface area contributed by atoms with Crippen molar-refractivity contribution in [1.29, 1.82) is 0 Å². The molecule has 0 aliphatic rings. The highest BCUT2D eigenvalue weighted by atomic mass is 35.5. The molecule has 2 aromatic carbocycles. The van der Waals surface area contributed by atoms with Crippen LogP contribution in [0.15, 0.2) is 48.5 Å². The van der Waals surface area contributed by atoms with Crippen molar-refractivity contribution >= 4 is 23.2 Å². The second-order valence-electron chi connectivity index (χ2n) is 5.35. The summed E-state index contributed by atoms with van der Waals surface area (Å²) in [6.07, 6.45) is -1.21. The molecular weight excluding hydrogens is 300 g/mol. The number of aliphatic hydroxyl groups is 1. The molecule has 0 radical (unpaired) electrons. The molecule has 0 bridgehead atoms. The Morgan fingerprint density at radius 2 is 1.91 bits per heavy atom. The Labute approximate surface area is 135 Å². The van der Waals surface area contributed by atoms with Gasteiger partial charge in [-0.05, 0) is 37.4 Å². The number of amides is 1. The minimum absolute atomic E-state index is 0.484. The first-order valence-electron chi connectivity index (χ1n) is 6.94. The lowest BCUT2D eigenvalue weighted by Gasteiger charge is -2.14. The van der Waals surface area contributed by atoms with Crippen molar-refractivity contribution in [3.05, 3.63) is 64.7 Å². The zero-order chi connectivity index (χ0) is 16.1. The van der Waals surface area contributed by atoms with Crippen LogP contribution in [0.3, 0.4) is 0 Å². The number of nitrogens with one attached hydrogen (secondary N) is 1. The van der Waals surface area contributed by atoms with Crippen molar-refractivity contribution in [1.82, 2.24) is 4.90 Å². The number of nitrogens with zero attached hydrogens (tertiary/aromatic N) is 1. The Morgan fingerprint density at radius 1 is 1.23 bits per heavy atom. The van der Waals surface area contributed by atoms with Crippen LogP contribution in [0.2, 0.25) is 5.02 Å². The van der Waals surface area contributed by atoms with Gasteiger partial charge in [-0.25, -0.2) is 0 Å². The van der Waals surface area contributed by atoms with E-state index in [2.05, 4.69) is 5.32 Å². The first kappa shape index (κ1) is 16.5. The van der Waals surface area contributed by atoms with Crippen LogP contribution < -0.4 is 5.32 Å². The number of hydrogen-bond donors (Lipinski definition) is 2. The van der Waals surface area contributed by atoms with E-state index in [0.717, 1.165) is 12.1 Å². The monoisotopic (exact) mass is 318 g/mol. The molecule has 2 rings (SSSR count). The van der Waals surface area contributed by atoms with Gasteiger partial charge in [-0.2, -0.15) is 0 Å². The van der Waals surface area contributed by atoms with Crippen LogP contribution in [0, 0.1) is 0 Å². The van der Waals surface area contributed by atoms with E-state index in [9.17, 15) is 9.90 Å². The lowest BCUT2D eigenvalue weighted by Crippen LogP contribution is -2.20. The molecule has 2 N–H and O–H groups in total. The Morgan fingerprint density at radius 3 is 2.50 bits per heavy atom. The molecule has 0 saturated heterocycles. The molecule has 2 aromatic rings. The van der Waals surface area contributed by atoms with E-state index >= 15 is 0 Å². The van der Waals surface area contributed by atoms with Gasteiger partial charge in [-0.1, -0.05) is 48.0 Å². The van der Waals surface area contributed by atoms with Crippen molar-refractivity contribution in [2.75, 3.05) is 19.4 Å². The highest BCUT2D eigenvalue weighted by Gasteiger charge is 2.17. The normalized spacial score (nSPS) is 12.2. The minimum Gasteiger partial charge on any atom is -0.378 e. The van der Waals surface area contributed by atoms with Crippen molar-refractivity contribution < 1.29 is 9.90 Å². The van der Waals surface area contributed by atoms with Gasteiger partial charge in [-0.15, -0.1) is 0 Å². The second kappa shape index (κ2) is 7.40. The summed E-state index contributed by atoms with van der Waals surface area (Å²) in [5.74, 6) is -0.484. The maximum Gasteiger partial charge on any atom is 0.257 e. The zero-order valence-corrected chi connectivity index (χ0v) is 13.3. The van der Waals surface area contributed by atoms with E-state index in [1.165, 1.54) is 0 Å². The summed E-state index contributed by atoms with van der Waals surface area (Å²) < 4.78 is 0. The van der Waals surface area contributed by atoms with Crippen molar-refractivity contribution in [2.24, 2.45) is 0 Å². The molecule has 0 aliphatic carbocycles. The fourth-order valence-electron chi connectivity index (χ4n) is 2.09.